The number of nitrogens with one attached hydrogen (secondary N) is 1. The monoisotopic (exact) mass is 267 g/mol. The molecule has 0 spiro atoms. The van der Waals surface area contributed by atoms with Gasteiger partial charge in [0.1, 0.15) is 0 Å². The number of H-pyrrole nitrogens is 1. The molecule has 0 bridgehead atoms. The highest BCUT2D eigenvalue weighted by molar-refractivity contribution is 7.71. The van der Waals surface area contributed by atoms with Gasteiger partial charge in [-0.25, -0.2) is 0 Å². The molecule has 0 aliphatic carbocycles. The Hall–Kier alpha value is -2.20. The van der Waals surface area contributed by atoms with E-state index in [-0.39, 0.29) is 0 Å². The Morgan fingerprint density at radius 3 is 2.68 bits per heavy atom. The van der Waals surface area contributed by atoms with Crippen molar-refractivity contribution in [1.29, 1.82) is 0 Å². The lowest BCUT2D eigenvalue weighted by molar-refractivity contribution is 1.02. The fourth-order valence-corrected chi connectivity index (χ4v) is 2.37. The zero-order chi connectivity index (χ0) is 13.2. The molecule has 0 amide bonds. The molecule has 0 atom stereocenters. The molecule has 1 aromatic carbocycles. The highest BCUT2D eigenvalue weighted by Gasteiger charge is 2.08. The van der Waals surface area contributed by atoms with Gasteiger partial charge in [-0.05, 0) is 30.8 Å². The predicted molar refractivity (Wildman–Crippen MR) is 78.9 cm³/mol. The first-order valence-electron chi connectivity index (χ1n) is 6.03. The predicted octanol–water partition coefficient (Wildman–Crippen LogP) is 3.91. The van der Waals surface area contributed by atoms with Crippen LogP contribution in [-0.2, 0) is 0 Å². The van der Waals surface area contributed by atoms with Crippen LogP contribution in [0.4, 0.5) is 0 Å². The molecule has 0 radical (unpaired) electrons. The minimum absolute atomic E-state index is 0.672. The smallest absolute Gasteiger partial charge is 0.182 e. The number of hydrogen-bond donors (Lipinski definition) is 1. The Morgan fingerprint density at radius 2 is 1.95 bits per heavy atom. The number of aromatic amines is 1. The zero-order valence-electron chi connectivity index (χ0n) is 10.5. The van der Waals surface area contributed by atoms with Crippen LogP contribution in [0, 0.1) is 11.7 Å². The number of aryl methyl sites for hydroxylation is 1. The van der Waals surface area contributed by atoms with E-state index in [9.17, 15) is 0 Å². The first kappa shape index (κ1) is 11.9. The molecule has 1 N–H and O–H groups in total. The van der Waals surface area contributed by atoms with Gasteiger partial charge >= 0.3 is 0 Å². The van der Waals surface area contributed by atoms with E-state index in [0.29, 0.717) is 4.77 Å². The summed E-state index contributed by atoms with van der Waals surface area (Å²) in [5, 5.41) is 0. The Bertz CT molecular complexity index is 756. The van der Waals surface area contributed by atoms with E-state index in [1.165, 1.54) is 0 Å². The number of benzene rings is 1. The van der Waals surface area contributed by atoms with Gasteiger partial charge in [0, 0.05) is 18.0 Å². The van der Waals surface area contributed by atoms with E-state index in [2.05, 4.69) is 28.2 Å². The second-order valence-corrected chi connectivity index (χ2v) is 4.79. The van der Waals surface area contributed by atoms with Crippen LogP contribution < -0.4 is 0 Å². The Kier molecular flexibility index (Phi) is 3.01. The lowest BCUT2D eigenvalue weighted by atomic mass is 10.1. The van der Waals surface area contributed by atoms with Gasteiger partial charge < -0.3 is 4.98 Å². The number of imidazole rings is 1. The third kappa shape index (κ3) is 2.22. The van der Waals surface area contributed by atoms with Crippen LogP contribution in [0.2, 0.25) is 0 Å². The number of nitrogens with zero attached hydrogens (tertiary/aromatic N) is 2. The third-order valence-electron chi connectivity index (χ3n) is 2.96. The maximum absolute atomic E-state index is 5.38. The minimum Gasteiger partial charge on any atom is -0.336 e. The molecular formula is C15H13N3S. The lowest BCUT2D eigenvalue weighted by Crippen LogP contribution is -1.98. The van der Waals surface area contributed by atoms with E-state index in [1.54, 1.807) is 0 Å². The van der Waals surface area contributed by atoms with E-state index in [4.69, 9.17) is 12.2 Å². The molecule has 3 rings (SSSR count). The van der Waals surface area contributed by atoms with Gasteiger partial charge in [0.2, 0.25) is 0 Å². The van der Waals surface area contributed by atoms with Gasteiger partial charge in [0.05, 0.1) is 17.6 Å². The van der Waals surface area contributed by atoms with Gasteiger partial charge in [-0.3, -0.25) is 9.55 Å². The largest absolute Gasteiger partial charge is 0.336 e. The number of hydrogen-bond acceptors (Lipinski definition) is 2. The van der Waals surface area contributed by atoms with Crippen molar-refractivity contribution in [2.24, 2.45) is 0 Å². The molecule has 0 saturated heterocycles. The van der Waals surface area contributed by atoms with Crippen LogP contribution in [0.15, 0.2) is 55.0 Å². The van der Waals surface area contributed by atoms with Gasteiger partial charge in [-0.1, -0.05) is 30.3 Å². The summed E-state index contributed by atoms with van der Waals surface area (Å²) >= 11 is 5.38. The molecule has 0 aliphatic heterocycles. The standard InChI is InChI=1S/C15H13N3S/c1-11-7-13(9-16-8-11)18-14(10-17-15(18)19)12-5-3-2-4-6-12/h2-10H,1H3,(H,17,19). The molecule has 0 saturated carbocycles. The Balaban J connectivity index is 2.23. The Labute approximate surface area is 116 Å². The highest BCUT2D eigenvalue weighted by atomic mass is 32.1. The molecule has 3 nitrogen and oxygen atoms in total. The maximum atomic E-state index is 5.38. The molecule has 0 aliphatic rings. The summed E-state index contributed by atoms with van der Waals surface area (Å²) < 4.78 is 2.68. The van der Waals surface area contributed by atoms with E-state index in [1.807, 2.05) is 48.3 Å². The van der Waals surface area contributed by atoms with Crippen LogP contribution in [0.25, 0.3) is 16.9 Å². The second-order valence-electron chi connectivity index (χ2n) is 4.40. The van der Waals surface area contributed by atoms with Crippen molar-refractivity contribution in [2.75, 3.05) is 0 Å². The third-order valence-corrected chi connectivity index (χ3v) is 3.27. The summed E-state index contributed by atoms with van der Waals surface area (Å²) in [6.45, 7) is 2.02. The summed E-state index contributed by atoms with van der Waals surface area (Å²) in [6.07, 6.45) is 5.59. The normalized spacial score (nSPS) is 10.6. The summed E-state index contributed by atoms with van der Waals surface area (Å²) in [6, 6.07) is 12.2. The van der Waals surface area contributed by atoms with Gasteiger partial charge in [-0.15, -0.1) is 0 Å². The minimum atomic E-state index is 0.672. The summed E-state index contributed by atoms with van der Waals surface area (Å²) in [7, 11) is 0. The molecule has 2 aromatic heterocycles. The number of pyridine rings is 1. The topological polar surface area (TPSA) is 33.6 Å². The summed E-state index contributed by atoms with van der Waals surface area (Å²) in [5.74, 6) is 0. The van der Waals surface area contributed by atoms with E-state index >= 15 is 0 Å². The zero-order valence-corrected chi connectivity index (χ0v) is 11.3. The average molecular weight is 267 g/mol. The first-order valence-corrected chi connectivity index (χ1v) is 6.44. The lowest BCUT2D eigenvalue weighted by Gasteiger charge is -2.08. The van der Waals surface area contributed by atoms with Crippen molar-refractivity contribution in [3.63, 3.8) is 0 Å². The van der Waals surface area contributed by atoms with Crippen molar-refractivity contribution in [2.45, 2.75) is 6.92 Å². The molecule has 2 heterocycles. The second kappa shape index (κ2) is 4.82. The SMILES string of the molecule is Cc1cncc(-n2c(-c3ccccc3)c[nH]c2=S)c1. The van der Waals surface area contributed by atoms with Crippen molar-refractivity contribution < 1.29 is 0 Å². The molecule has 0 unspecified atom stereocenters. The fourth-order valence-electron chi connectivity index (χ4n) is 2.11. The summed E-state index contributed by atoms with van der Waals surface area (Å²) in [5.41, 5.74) is 4.25. The van der Waals surface area contributed by atoms with Crippen LogP contribution in [0.3, 0.4) is 0 Å². The number of aromatic nitrogens is 3. The Morgan fingerprint density at radius 1 is 1.16 bits per heavy atom. The van der Waals surface area contributed by atoms with Crippen LogP contribution in [0.5, 0.6) is 0 Å². The van der Waals surface area contributed by atoms with Crippen molar-refractivity contribution >= 4 is 12.2 Å². The quantitative estimate of drug-likeness (QED) is 0.714. The van der Waals surface area contributed by atoms with Crippen LogP contribution >= 0.6 is 12.2 Å². The van der Waals surface area contributed by atoms with Crippen LogP contribution in [-0.4, -0.2) is 14.5 Å². The highest BCUT2D eigenvalue weighted by Crippen LogP contribution is 2.23. The molecular weight excluding hydrogens is 254 g/mol. The van der Waals surface area contributed by atoms with Gasteiger partial charge in [-0.2, -0.15) is 0 Å². The van der Waals surface area contributed by atoms with Crippen molar-refractivity contribution in [3.05, 3.63) is 65.3 Å². The van der Waals surface area contributed by atoms with Gasteiger partial charge in [0.15, 0.2) is 4.77 Å². The van der Waals surface area contributed by atoms with Crippen LogP contribution in [0.1, 0.15) is 5.56 Å². The van der Waals surface area contributed by atoms with Gasteiger partial charge in [0.25, 0.3) is 0 Å². The molecule has 0 fully saturated rings. The van der Waals surface area contributed by atoms with E-state index < -0.39 is 0 Å². The molecule has 4 heteroatoms. The van der Waals surface area contributed by atoms with Crippen molar-refractivity contribution in [1.82, 2.24) is 14.5 Å². The average Bonchev–Trinajstić information content (AvgIpc) is 2.82. The van der Waals surface area contributed by atoms with E-state index in [0.717, 1.165) is 22.5 Å². The molecule has 94 valence electrons. The molecule has 3 aromatic rings. The molecule has 19 heavy (non-hydrogen) atoms. The first-order chi connectivity index (χ1) is 9.25. The number of rotatable bonds is 2. The fraction of sp³-hybridized carbons (Fsp3) is 0.0667. The van der Waals surface area contributed by atoms with Crippen molar-refractivity contribution in [3.8, 4) is 16.9 Å². The maximum Gasteiger partial charge on any atom is 0.182 e. The summed E-state index contributed by atoms with van der Waals surface area (Å²) in [4.78, 5) is 7.34.